The lowest BCUT2D eigenvalue weighted by Gasteiger charge is -2.39. The van der Waals surface area contributed by atoms with E-state index in [0.717, 1.165) is 0 Å². The zero-order valence-electron chi connectivity index (χ0n) is 11.3. The van der Waals surface area contributed by atoms with Crippen LogP contribution in [0.2, 0.25) is 0 Å². The first-order valence-corrected chi connectivity index (χ1v) is 6.85. The van der Waals surface area contributed by atoms with Crippen molar-refractivity contribution < 1.29 is 78.9 Å². The maximum atomic E-state index is 13.7. The van der Waals surface area contributed by atoms with E-state index in [1.54, 1.807) is 0 Å². The highest BCUT2D eigenvalue weighted by atomic mass is 32.3. The highest BCUT2D eigenvalue weighted by molar-refractivity contribution is 7.87. The zero-order valence-corrected chi connectivity index (χ0v) is 12.1. The van der Waals surface area contributed by atoms with Crippen molar-refractivity contribution in [2.45, 2.75) is 35.0 Å². The van der Waals surface area contributed by atoms with Gasteiger partial charge in [-0.05, 0) is 0 Å². The maximum Gasteiger partial charge on any atom is 0.480 e. The molecule has 1 saturated heterocycles. The Morgan fingerprint density at radius 3 is 1.52 bits per heavy atom. The molecule has 0 radical (unpaired) electrons. The summed E-state index contributed by atoms with van der Waals surface area (Å²) in [4.78, 5) is 0. The van der Waals surface area contributed by atoms with Gasteiger partial charge in [0.05, 0.1) is 0 Å². The van der Waals surface area contributed by atoms with Gasteiger partial charge in [0, 0.05) is 0 Å². The molecular formula is C8F14O4S. The Kier molecular flexibility index (Phi) is 4.89. The number of ether oxygens (including phenoxy) is 2. The van der Waals surface area contributed by atoms with Gasteiger partial charge in [0.2, 0.25) is 0 Å². The van der Waals surface area contributed by atoms with Crippen molar-refractivity contribution in [1.82, 2.24) is 0 Å². The monoisotopic (exact) mass is 458 g/mol. The Labute approximate surface area is 137 Å². The van der Waals surface area contributed by atoms with Crippen LogP contribution in [0.4, 0.5) is 61.0 Å². The van der Waals surface area contributed by atoms with Gasteiger partial charge in [-0.2, -0.15) is 65.5 Å². The smallest absolute Gasteiger partial charge is 0.409 e. The molecule has 0 bridgehead atoms. The van der Waals surface area contributed by atoms with Crippen LogP contribution in [0.5, 0.6) is 0 Å². The second-order valence-corrected chi connectivity index (χ2v) is 5.93. The van der Waals surface area contributed by atoms with E-state index in [4.69, 9.17) is 0 Å². The van der Waals surface area contributed by atoms with Gasteiger partial charge < -0.3 is 9.47 Å². The highest BCUT2D eigenvalue weighted by Gasteiger charge is 2.95. The molecule has 0 aliphatic carbocycles. The second-order valence-electron chi connectivity index (χ2n) is 4.54. The molecule has 0 aromatic heterocycles. The largest absolute Gasteiger partial charge is 0.480 e. The van der Waals surface area contributed by atoms with E-state index in [0.29, 0.717) is 0 Å². The Morgan fingerprint density at radius 1 is 0.815 bits per heavy atom. The molecule has 0 amide bonds. The first-order valence-electron chi connectivity index (χ1n) is 5.47. The van der Waals surface area contributed by atoms with Crippen molar-refractivity contribution in [2.75, 3.05) is 0 Å². The summed E-state index contributed by atoms with van der Waals surface area (Å²) in [6.45, 7) is 0. The number of hydrogen-bond acceptors (Lipinski definition) is 4. The van der Waals surface area contributed by atoms with Gasteiger partial charge in [-0.25, -0.2) is 0 Å². The van der Waals surface area contributed by atoms with Crippen molar-refractivity contribution in [3.8, 4) is 0 Å². The van der Waals surface area contributed by atoms with E-state index in [1.165, 1.54) is 0 Å². The molecule has 160 valence electrons. The highest BCUT2D eigenvalue weighted by Crippen LogP contribution is 2.63. The topological polar surface area (TPSA) is 52.6 Å². The summed E-state index contributed by atoms with van der Waals surface area (Å²) in [6, 6.07) is 0. The lowest BCUT2D eigenvalue weighted by atomic mass is 9.97. The molecule has 27 heavy (non-hydrogen) atoms. The normalized spacial score (nSPS) is 24.4. The number of alkyl halides is 11. The lowest BCUT2D eigenvalue weighted by molar-refractivity contribution is -0.436. The van der Waals surface area contributed by atoms with Crippen LogP contribution in [0.3, 0.4) is 0 Å². The summed E-state index contributed by atoms with van der Waals surface area (Å²) in [5.74, 6) is -34.4. The third kappa shape index (κ3) is 2.75. The number of rotatable bonds is 5. The minimum Gasteiger partial charge on any atom is -0.409 e. The molecule has 0 spiro atoms. The van der Waals surface area contributed by atoms with Crippen LogP contribution in [0.15, 0.2) is 12.0 Å². The van der Waals surface area contributed by atoms with Crippen LogP contribution in [0.25, 0.3) is 0 Å². The Hall–Kier alpha value is -1.69. The predicted octanol–water partition coefficient (Wildman–Crippen LogP) is 4.16. The Bertz CT molecular complexity index is 753. The fourth-order valence-electron chi connectivity index (χ4n) is 1.45. The van der Waals surface area contributed by atoms with Gasteiger partial charge in [0.15, 0.2) is 0 Å². The van der Waals surface area contributed by atoms with Crippen LogP contribution < -0.4 is 0 Å². The SMILES string of the molecule is O=S(=O)(F)C(F)(F)C(F)(F)C(F)(F)C(F)(F)C1(F)OC(=C(F)F)OC1(F)F. The summed E-state index contributed by atoms with van der Waals surface area (Å²) < 4.78 is 205. The van der Waals surface area contributed by atoms with E-state index in [9.17, 15) is 69.4 Å². The van der Waals surface area contributed by atoms with Gasteiger partial charge in [-0.15, -0.1) is 0 Å². The predicted molar refractivity (Wildman–Crippen MR) is 50.0 cm³/mol. The number of halogens is 14. The third-order valence-electron chi connectivity index (χ3n) is 2.85. The van der Waals surface area contributed by atoms with Crippen LogP contribution >= 0.6 is 0 Å². The van der Waals surface area contributed by atoms with Gasteiger partial charge in [0.1, 0.15) is 0 Å². The maximum absolute atomic E-state index is 13.7. The van der Waals surface area contributed by atoms with E-state index in [-0.39, 0.29) is 0 Å². The fraction of sp³-hybridized carbons (Fsp3) is 0.750. The molecule has 1 unspecified atom stereocenters. The molecule has 1 atom stereocenters. The molecule has 19 heteroatoms. The Balaban J connectivity index is 3.68. The third-order valence-corrected chi connectivity index (χ3v) is 3.72. The van der Waals surface area contributed by atoms with Crippen molar-refractivity contribution >= 4 is 10.2 Å². The molecule has 0 N–H and O–H groups in total. The van der Waals surface area contributed by atoms with Gasteiger partial charge >= 0.3 is 57.2 Å². The first-order chi connectivity index (χ1) is 11.5. The van der Waals surface area contributed by atoms with E-state index < -0.39 is 57.2 Å². The van der Waals surface area contributed by atoms with Crippen LogP contribution in [0, 0.1) is 0 Å². The summed E-state index contributed by atoms with van der Waals surface area (Å²) >= 11 is 0. The van der Waals surface area contributed by atoms with Gasteiger partial charge in [-0.1, -0.05) is 3.89 Å². The van der Waals surface area contributed by atoms with Gasteiger partial charge in [0.25, 0.3) is 0 Å². The van der Waals surface area contributed by atoms with Crippen LogP contribution in [-0.4, -0.2) is 43.4 Å². The molecule has 1 fully saturated rings. The quantitative estimate of drug-likeness (QED) is 0.459. The first kappa shape index (κ1) is 23.3. The van der Waals surface area contributed by atoms with Crippen molar-refractivity contribution in [1.29, 1.82) is 0 Å². The molecule has 0 saturated carbocycles. The van der Waals surface area contributed by atoms with E-state index in [1.807, 2.05) is 0 Å². The molecule has 0 aromatic rings. The second kappa shape index (κ2) is 5.66. The minimum absolute atomic E-state index is 2.41. The average Bonchev–Trinajstić information content (AvgIpc) is 2.69. The lowest BCUT2D eigenvalue weighted by Crippen LogP contribution is -2.72. The Morgan fingerprint density at radius 2 is 1.22 bits per heavy atom. The van der Waals surface area contributed by atoms with E-state index >= 15 is 0 Å². The summed E-state index contributed by atoms with van der Waals surface area (Å²) in [7, 11) is -8.11. The van der Waals surface area contributed by atoms with Crippen LogP contribution in [-0.2, 0) is 19.7 Å². The molecule has 1 aliphatic heterocycles. The molecular weight excluding hydrogens is 458 g/mol. The van der Waals surface area contributed by atoms with Gasteiger partial charge in [-0.3, -0.25) is 0 Å². The number of hydrogen-bond donors (Lipinski definition) is 0. The van der Waals surface area contributed by atoms with Crippen molar-refractivity contribution in [3.63, 3.8) is 0 Å². The molecule has 1 aliphatic rings. The molecule has 0 aromatic carbocycles. The molecule has 1 heterocycles. The zero-order chi connectivity index (χ0) is 22.1. The minimum atomic E-state index is -8.17. The summed E-state index contributed by atoms with van der Waals surface area (Å²) in [5, 5.41) is -7.71. The summed E-state index contributed by atoms with van der Waals surface area (Å²) in [6.07, 6.45) is -10.3. The summed E-state index contributed by atoms with van der Waals surface area (Å²) in [5.41, 5.74) is 0. The van der Waals surface area contributed by atoms with Crippen molar-refractivity contribution in [3.05, 3.63) is 12.0 Å². The van der Waals surface area contributed by atoms with E-state index in [2.05, 4.69) is 9.47 Å². The standard InChI is InChI=1S/C8F14O4S/c9-1(10)2-25-6(17,7(18,19)26-2)4(13,14)3(11,12)5(15,16)8(20,21)27(22,23)24. The van der Waals surface area contributed by atoms with Crippen LogP contribution in [0.1, 0.15) is 0 Å². The molecule has 1 rings (SSSR count). The fourth-order valence-corrected chi connectivity index (χ4v) is 1.88. The molecule has 4 nitrogen and oxygen atoms in total. The average molecular weight is 458 g/mol. The van der Waals surface area contributed by atoms with Crippen molar-refractivity contribution in [2.24, 2.45) is 0 Å².